The highest BCUT2D eigenvalue weighted by molar-refractivity contribution is 5.81. The van der Waals surface area contributed by atoms with Gasteiger partial charge in [0.1, 0.15) is 6.61 Å². The maximum absolute atomic E-state index is 12.8. The average Bonchev–Trinajstić information content (AvgIpc) is 3.04. The third kappa shape index (κ3) is 3.27. The summed E-state index contributed by atoms with van der Waals surface area (Å²) in [5.74, 6) is 0.475. The van der Waals surface area contributed by atoms with Crippen molar-refractivity contribution in [3.8, 4) is 0 Å². The van der Waals surface area contributed by atoms with Gasteiger partial charge in [-0.1, -0.05) is 48.5 Å². The van der Waals surface area contributed by atoms with Crippen LogP contribution >= 0.6 is 0 Å². The topological polar surface area (TPSA) is 71.0 Å². The summed E-state index contributed by atoms with van der Waals surface area (Å²) in [5, 5.41) is 5.70. The predicted octanol–water partition coefficient (Wildman–Crippen LogP) is 2.41. The first-order chi connectivity index (χ1) is 13.7. The van der Waals surface area contributed by atoms with E-state index < -0.39 is 0 Å². The number of rotatable bonds is 6. The van der Waals surface area contributed by atoms with Crippen LogP contribution in [0.25, 0.3) is 10.8 Å². The van der Waals surface area contributed by atoms with Gasteiger partial charge in [0.25, 0.3) is 5.56 Å². The van der Waals surface area contributed by atoms with Gasteiger partial charge in [0.2, 0.25) is 0 Å². The number of fused-ring (bicyclic) bond motifs is 1. The van der Waals surface area contributed by atoms with Crippen LogP contribution in [0.3, 0.4) is 0 Å². The highest BCUT2D eigenvalue weighted by Crippen LogP contribution is 2.08. The van der Waals surface area contributed by atoms with E-state index in [9.17, 15) is 9.59 Å². The largest absolute Gasteiger partial charge is 0.369 e. The van der Waals surface area contributed by atoms with Crippen LogP contribution in [0.2, 0.25) is 0 Å². The van der Waals surface area contributed by atoms with Crippen molar-refractivity contribution in [2.45, 2.75) is 26.7 Å². The predicted molar refractivity (Wildman–Crippen MR) is 106 cm³/mol. The second-order valence-corrected chi connectivity index (χ2v) is 6.36. The van der Waals surface area contributed by atoms with Crippen LogP contribution in [-0.2, 0) is 24.5 Å². The molecule has 2 aromatic heterocycles. The van der Waals surface area contributed by atoms with Gasteiger partial charge < -0.3 is 4.74 Å². The Morgan fingerprint density at radius 2 is 1.68 bits per heavy atom. The normalized spacial score (nSPS) is 11.2. The molecule has 0 saturated carbocycles. The number of benzene rings is 2. The van der Waals surface area contributed by atoms with E-state index in [1.165, 1.54) is 9.24 Å². The highest BCUT2D eigenvalue weighted by atomic mass is 16.5. The van der Waals surface area contributed by atoms with Crippen LogP contribution in [0, 0.1) is 0 Å². The fourth-order valence-electron chi connectivity index (χ4n) is 3.15. The maximum Gasteiger partial charge on any atom is 0.366 e. The minimum Gasteiger partial charge on any atom is -0.369 e. The van der Waals surface area contributed by atoms with Gasteiger partial charge in [0, 0.05) is 18.1 Å². The molecule has 0 saturated heterocycles. The van der Waals surface area contributed by atoms with E-state index in [0.717, 1.165) is 15.7 Å². The van der Waals surface area contributed by atoms with Crippen LogP contribution < -0.4 is 11.2 Å². The first-order valence-electron chi connectivity index (χ1n) is 9.10. The zero-order chi connectivity index (χ0) is 19.5. The minimum atomic E-state index is -0.377. The fraction of sp³-hybridized carbons (Fsp3) is 0.190. The molecule has 4 rings (SSSR count). The Hall–Kier alpha value is -3.45. The van der Waals surface area contributed by atoms with Crippen molar-refractivity contribution in [3.63, 3.8) is 0 Å². The number of aromatic nitrogens is 4. The summed E-state index contributed by atoms with van der Waals surface area (Å²) >= 11 is 0. The lowest BCUT2D eigenvalue weighted by molar-refractivity contribution is 0.0987. The number of ether oxygens (including phenoxy) is 1. The van der Waals surface area contributed by atoms with Gasteiger partial charge in [-0.05, 0) is 30.0 Å². The molecule has 4 aromatic rings. The van der Waals surface area contributed by atoms with Gasteiger partial charge in [-0.3, -0.25) is 9.36 Å². The van der Waals surface area contributed by atoms with E-state index >= 15 is 0 Å². The third-order valence-electron chi connectivity index (χ3n) is 4.58. The molecule has 7 heteroatoms. The molecule has 0 atom stereocenters. The van der Waals surface area contributed by atoms with E-state index in [0.29, 0.717) is 24.4 Å². The summed E-state index contributed by atoms with van der Waals surface area (Å²) in [4.78, 5) is 26.7. The summed E-state index contributed by atoms with van der Waals surface area (Å²) in [6, 6.07) is 18.8. The van der Waals surface area contributed by atoms with Crippen molar-refractivity contribution in [3.05, 3.63) is 99.1 Å². The van der Waals surface area contributed by atoms with Crippen LogP contribution in [0.4, 0.5) is 0 Å². The Morgan fingerprint density at radius 1 is 0.929 bits per heavy atom. The van der Waals surface area contributed by atoms with Crippen molar-refractivity contribution in [1.29, 1.82) is 0 Å². The molecule has 2 aromatic carbocycles. The molecule has 0 radical (unpaired) electrons. The Kier molecular flexibility index (Phi) is 4.90. The molecule has 0 amide bonds. The Morgan fingerprint density at radius 3 is 2.46 bits per heavy atom. The van der Waals surface area contributed by atoms with Gasteiger partial charge in [0.15, 0.2) is 5.82 Å². The highest BCUT2D eigenvalue weighted by Gasteiger charge is 2.15. The van der Waals surface area contributed by atoms with Gasteiger partial charge in [-0.15, -0.1) is 9.89 Å². The van der Waals surface area contributed by atoms with E-state index in [1.807, 2.05) is 49.4 Å². The fourth-order valence-corrected chi connectivity index (χ4v) is 3.15. The van der Waals surface area contributed by atoms with Crippen LogP contribution in [0.1, 0.15) is 18.3 Å². The van der Waals surface area contributed by atoms with Crippen molar-refractivity contribution in [2.24, 2.45) is 0 Å². The smallest absolute Gasteiger partial charge is 0.366 e. The minimum absolute atomic E-state index is 0.174. The molecule has 0 N–H and O–H groups in total. The zero-order valence-corrected chi connectivity index (χ0v) is 15.5. The number of nitrogens with zero attached hydrogens (tertiary/aromatic N) is 4. The lowest BCUT2D eigenvalue weighted by atomic mass is 10.2. The molecule has 0 aliphatic heterocycles. The molecular weight excluding hydrogens is 356 g/mol. The summed E-state index contributed by atoms with van der Waals surface area (Å²) < 4.78 is 8.47. The van der Waals surface area contributed by atoms with E-state index in [4.69, 9.17) is 4.74 Å². The van der Waals surface area contributed by atoms with Crippen molar-refractivity contribution in [2.75, 3.05) is 0 Å². The van der Waals surface area contributed by atoms with Gasteiger partial charge in [0.05, 0.1) is 6.61 Å². The summed E-state index contributed by atoms with van der Waals surface area (Å²) in [6.07, 6.45) is 1.56. The van der Waals surface area contributed by atoms with Crippen LogP contribution in [0.15, 0.2) is 76.4 Å². The molecule has 0 unspecified atom stereocenters. The molecule has 0 spiro atoms. The Bertz CT molecular complexity index is 1220. The molecule has 2 heterocycles. The summed E-state index contributed by atoms with van der Waals surface area (Å²) in [6.45, 7) is 2.89. The lowest BCUT2D eigenvalue weighted by Gasteiger charge is -2.05. The second kappa shape index (κ2) is 7.66. The number of pyridine rings is 1. The summed E-state index contributed by atoms with van der Waals surface area (Å²) in [7, 11) is 0. The van der Waals surface area contributed by atoms with E-state index in [-0.39, 0.29) is 17.9 Å². The van der Waals surface area contributed by atoms with Crippen LogP contribution in [-0.4, -0.2) is 19.1 Å². The average molecular weight is 376 g/mol. The van der Waals surface area contributed by atoms with Crippen molar-refractivity contribution >= 4 is 10.8 Å². The molecule has 0 fully saturated rings. The first kappa shape index (κ1) is 17.9. The first-order valence-corrected chi connectivity index (χ1v) is 9.10. The monoisotopic (exact) mass is 376 g/mol. The molecule has 28 heavy (non-hydrogen) atoms. The van der Waals surface area contributed by atoms with Crippen LogP contribution in [0.5, 0.6) is 0 Å². The Labute approximate surface area is 161 Å². The molecule has 142 valence electrons. The van der Waals surface area contributed by atoms with E-state index in [1.54, 1.807) is 24.4 Å². The molecule has 0 aliphatic carbocycles. The zero-order valence-electron chi connectivity index (χ0n) is 15.5. The van der Waals surface area contributed by atoms with E-state index in [2.05, 4.69) is 5.10 Å². The molecule has 0 aliphatic rings. The summed E-state index contributed by atoms with van der Waals surface area (Å²) in [5.41, 5.74) is 0.369. The molecular formula is C21H20N4O3. The maximum atomic E-state index is 12.8. The van der Waals surface area contributed by atoms with Gasteiger partial charge in [-0.2, -0.15) is 4.68 Å². The molecule has 0 bridgehead atoms. The Balaban J connectivity index is 1.67. The van der Waals surface area contributed by atoms with Gasteiger partial charge >= 0.3 is 5.69 Å². The number of hydrogen-bond donors (Lipinski definition) is 0. The third-order valence-corrected chi connectivity index (χ3v) is 4.58. The van der Waals surface area contributed by atoms with Gasteiger partial charge in [-0.25, -0.2) is 4.79 Å². The lowest BCUT2D eigenvalue weighted by Crippen LogP contribution is -2.36. The molecule has 7 nitrogen and oxygen atoms in total. The SMILES string of the molecule is CCn1c(COCc2ccccc2)nn(-n2ccc3ccccc3c2=O)c1=O. The van der Waals surface area contributed by atoms with Crippen molar-refractivity contribution in [1.82, 2.24) is 19.1 Å². The standard InChI is InChI=1S/C21H20N4O3/c1-2-23-19(15-28-14-16-8-4-3-5-9-16)22-25(21(23)27)24-13-12-17-10-6-7-11-18(17)20(24)26/h3-13H,2,14-15H2,1H3. The van der Waals surface area contributed by atoms with Crippen molar-refractivity contribution < 1.29 is 4.74 Å². The second-order valence-electron chi connectivity index (χ2n) is 6.36. The quantitative estimate of drug-likeness (QED) is 0.518. The number of hydrogen-bond acceptors (Lipinski definition) is 4.